The molecule has 0 aromatic heterocycles. The number of hydrogen-bond acceptors (Lipinski definition) is 2. The van der Waals surface area contributed by atoms with Crippen LogP contribution in [0.1, 0.15) is 18.4 Å². The minimum absolute atomic E-state index is 0.0231. The van der Waals surface area contributed by atoms with E-state index in [1.807, 2.05) is 0 Å². The zero-order chi connectivity index (χ0) is 18.4. The second-order valence-electron chi connectivity index (χ2n) is 5.75. The van der Waals surface area contributed by atoms with Gasteiger partial charge in [0.15, 0.2) is 0 Å². The molecule has 3 nitrogen and oxygen atoms in total. The van der Waals surface area contributed by atoms with Gasteiger partial charge in [-0.3, -0.25) is 4.79 Å². The van der Waals surface area contributed by atoms with E-state index in [-0.39, 0.29) is 21.9 Å². The van der Waals surface area contributed by atoms with Gasteiger partial charge >= 0.3 is 0 Å². The van der Waals surface area contributed by atoms with Crippen molar-refractivity contribution in [3.8, 4) is 0 Å². The Morgan fingerprint density at radius 2 is 2.16 bits per heavy atom. The van der Waals surface area contributed by atoms with Crippen LogP contribution in [0.15, 0.2) is 53.0 Å². The average Bonchev–Trinajstić information content (AvgIpc) is 3.03. The van der Waals surface area contributed by atoms with E-state index in [2.05, 4.69) is 10.6 Å². The second-order valence-corrected chi connectivity index (χ2v) is 6.56. The van der Waals surface area contributed by atoms with Crippen molar-refractivity contribution < 1.29 is 13.6 Å². The lowest BCUT2D eigenvalue weighted by molar-refractivity contribution is -0.108. The lowest BCUT2D eigenvalue weighted by Gasteiger charge is -2.16. The molecular formula is C18H18Cl2F2N2O. The molecule has 2 rings (SSSR count). The van der Waals surface area contributed by atoms with E-state index in [9.17, 15) is 13.6 Å². The van der Waals surface area contributed by atoms with E-state index in [0.717, 1.165) is 5.56 Å². The van der Waals surface area contributed by atoms with E-state index in [0.29, 0.717) is 25.2 Å². The van der Waals surface area contributed by atoms with Crippen LogP contribution in [0, 0.1) is 11.7 Å². The minimum Gasteiger partial charge on any atom is -0.333 e. The van der Waals surface area contributed by atoms with Crippen molar-refractivity contribution in [2.45, 2.75) is 12.8 Å². The summed E-state index contributed by atoms with van der Waals surface area (Å²) in [5.74, 6) is -0.975. The normalized spacial score (nSPS) is 22.2. The number of carbonyl (C=O) groups is 1. The van der Waals surface area contributed by atoms with Gasteiger partial charge in [-0.2, -0.15) is 0 Å². The maximum atomic E-state index is 14.1. The summed E-state index contributed by atoms with van der Waals surface area (Å²) in [7, 11) is 0. The Kier molecular flexibility index (Phi) is 7.17. The summed E-state index contributed by atoms with van der Waals surface area (Å²) in [6, 6.07) is 4.63. The molecular weight excluding hydrogens is 369 g/mol. The van der Waals surface area contributed by atoms with Crippen molar-refractivity contribution in [1.29, 1.82) is 0 Å². The van der Waals surface area contributed by atoms with Crippen molar-refractivity contribution >= 4 is 29.6 Å². The zero-order valence-electron chi connectivity index (χ0n) is 13.5. The Morgan fingerprint density at radius 3 is 2.84 bits per heavy atom. The molecule has 0 radical (unpaired) electrons. The van der Waals surface area contributed by atoms with E-state index >= 15 is 0 Å². The Labute approximate surface area is 155 Å². The summed E-state index contributed by atoms with van der Waals surface area (Å²) in [6.07, 6.45) is 4.87. The summed E-state index contributed by atoms with van der Waals surface area (Å²) in [4.78, 5) is 10.3. The largest absolute Gasteiger partial charge is 0.333 e. The van der Waals surface area contributed by atoms with Gasteiger partial charge in [0.1, 0.15) is 11.6 Å². The maximum Gasteiger partial charge on any atom is 0.211 e. The van der Waals surface area contributed by atoms with Gasteiger partial charge in [0, 0.05) is 24.7 Å². The summed E-state index contributed by atoms with van der Waals surface area (Å²) in [5.41, 5.74) is 1.33. The molecule has 0 aliphatic carbocycles. The fraction of sp³-hybridized carbons (Fsp3) is 0.278. The predicted octanol–water partition coefficient (Wildman–Crippen LogP) is 4.41. The quantitative estimate of drug-likeness (QED) is 0.561. The minimum atomic E-state index is -0.600. The Hall–Kier alpha value is -1.69. The molecule has 0 spiro atoms. The lowest BCUT2D eigenvalue weighted by Crippen LogP contribution is -2.08. The van der Waals surface area contributed by atoms with Crippen LogP contribution in [0.25, 0.3) is 0 Å². The van der Waals surface area contributed by atoms with Gasteiger partial charge in [-0.05, 0) is 42.7 Å². The molecule has 0 saturated carbocycles. The van der Waals surface area contributed by atoms with Gasteiger partial charge in [-0.1, -0.05) is 35.3 Å². The van der Waals surface area contributed by atoms with Crippen LogP contribution in [0.5, 0.6) is 0 Å². The first-order valence-corrected chi connectivity index (χ1v) is 8.45. The van der Waals surface area contributed by atoms with Crippen molar-refractivity contribution in [1.82, 2.24) is 10.6 Å². The molecule has 1 aromatic rings. The molecule has 0 bridgehead atoms. The van der Waals surface area contributed by atoms with Crippen molar-refractivity contribution in [2.24, 2.45) is 5.92 Å². The van der Waals surface area contributed by atoms with Crippen LogP contribution in [-0.4, -0.2) is 19.5 Å². The third-order valence-corrected chi connectivity index (χ3v) is 4.56. The highest BCUT2D eigenvalue weighted by molar-refractivity contribution is 6.31. The van der Waals surface area contributed by atoms with Gasteiger partial charge in [0.2, 0.25) is 6.41 Å². The monoisotopic (exact) mass is 386 g/mol. The van der Waals surface area contributed by atoms with Gasteiger partial charge in [0.05, 0.1) is 10.1 Å². The number of hydrogen-bond donors (Lipinski definition) is 2. The number of nitrogens with one attached hydrogen (secondary N) is 2. The van der Waals surface area contributed by atoms with E-state index in [1.165, 1.54) is 18.2 Å². The van der Waals surface area contributed by atoms with Crippen LogP contribution in [0.3, 0.4) is 0 Å². The highest BCUT2D eigenvalue weighted by Gasteiger charge is 2.27. The van der Waals surface area contributed by atoms with Crippen LogP contribution < -0.4 is 10.6 Å². The van der Waals surface area contributed by atoms with Gasteiger partial charge < -0.3 is 10.6 Å². The van der Waals surface area contributed by atoms with Crippen molar-refractivity contribution in [2.75, 3.05) is 13.1 Å². The first kappa shape index (κ1) is 19.6. The molecule has 1 saturated heterocycles. The number of rotatable bonds is 6. The number of allylic oxidation sites excluding steroid dienone is 5. The Morgan fingerprint density at radius 1 is 1.40 bits per heavy atom. The molecule has 1 aliphatic rings. The zero-order valence-corrected chi connectivity index (χ0v) is 15.0. The second kappa shape index (κ2) is 9.13. The maximum absolute atomic E-state index is 14.1. The smallest absolute Gasteiger partial charge is 0.211 e. The molecule has 134 valence electrons. The van der Waals surface area contributed by atoms with E-state index in [1.54, 1.807) is 25.1 Å². The molecule has 1 amide bonds. The lowest BCUT2D eigenvalue weighted by atomic mass is 9.88. The fourth-order valence-electron chi connectivity index (χ4n) is 2.69. The topological polar surface area (TPSA) is 41.1 Å². The van der Waals surface area contributed by atoms with E-state index < -0.39 is 11.6 Å². The highest BCUT2D eigenvalue weighted by atomic mass is 35.5. The van der Waals surface area contributed by atoms with Gasteiger partial charge in [-0.15, -0.1) is 0 Å². The fourth-order valence-corrected chi connectivity index (χ4v) is 3.11. The Bertz CT molecular complexity index is 732. The van der Waals surface area contributed by atoms with Crippen LogP contribution in [0.4, 0.5) is 8.78 Å². The average molecular weight is 387 g/mol. The predicted molar refractivity (Wildman–Crippen MR) is 96.6 cm³/mol. The molecule has 25 heavy (non-hydrogen) atoms. The highest BCUT2D eigenvalue weighted by Crippen LogP contribution is 2.32. The molecule has 1 heterocycles. The first-order chi connectivity index (χ1) is 11.9. The molecule has 0 unspecified atom stereocenters. The number of amides is 1. The number of carbonyl (C=O) groups excluding carboxylic acids is 1. The first-order valence-electron chi connectivity index (χ1n) is 7.70. The third kappa shape index (κ3) is 5.39. The standard InChI is InChI=1S/C18H18Cl2F2N2O/c1-11(24-10-25)6-15(19)17(21)5-3-13-8-23-9-14(13)12-2-4-18(22)16(20)7-12/h2-7,10,13-14,23H,8-9H2,1H3,(H,24,25)/b5-3+,11-6+,17-15-/t13-,14-/m1/s1. The van der Waals surface area contributed by atoms with Gasteiger partial charge in [-0.25, -0.2) is 8.78 Å². The van der Waals surface area contributed by atoms with Crippen LogP contribution in [-0.2, 0) is 4.79 Å². The summed E-state index contributed by atoms with van der Waals surface area (Å²) < 4.78 is 27.4. The molecule has 1 aliphatic heterocycles. The number of benzene rings is 1. The Balaban J connectivity index is 2.14. The van der Waals surface area contributed by atoms with E-state index in [4.69, 9.17) is 23.2 Å². The molecule has 1 fully saturated rings. The molecule has 2 N–H and O–H groups in total. The summed E-state index contributed by atoms with van der Waals surface area (Å²) in [6.45, 7) is 2.96. The molecule has 2 atom stereocenters. The third-order valence-electron chi connectivity index (χ3n) is 3.98. The van der Waals surface area contributed by atoms with Crippen molar-refractivity contribution in [3.63, 3.8) is 0 Å². The summed E-state index contributed by atoms with van der Waals surface area (Å²) >= 11 is 11.7. The van der Waals surface area contributed by atoms with Crippen LogP contribution >= 0.6 is 23.2 Å². The molecule has 1 aromatic carbocycles. The van der Waals surface area contributed by atoms with Crippen LogP contribution in [0.2, 0.25) is 5.02 Å². The molecule has 7 heteroatoms. The SMILES string of the molecule is C\C(=C/C(Cl)=C(F)\C=C\[C@@H]1CNC[C@@H]1c1ccc(F)c(Cl)c1)NC=O. The van der Waals surface area contributed by atoms with Crippen molar-refractivity contribution in [3.05, 3.63) is 69.4 Å². The van der Waals surface area contributed by atoms with Gasteiger partial charge in [0.25, 0.3) is 0 Å². The number of halogens is 4. The summed E-state index contributed by atoms with van der Waals surface area (Å²) in [5, 5.41) is 5.59.